The Kier molecular flexibility index (Phi) is 3.94. The molecule has 2 unspecified atom stereocenters. The lowest BCUT2D eigenvalue weighted by Crippen LogP contribution is -2.28. The first kappa shape index (κ1) is 13.4. The summed E-state index contributed by atoms with van der Waals surface area (Å²) in [5.74, 6) is -2.59. The van der Waals surface area contributed by atoms with Crippen molar-refractivity contribution >= 4 is 0 Å². The predicted molar refractivity (Wildman–Crippen MR) is 62.2 cm³/mol. The zero-order valence-electron chi connectivity index (χ0n) is 10.5. The maximum atomic E-state index is 13.3. The zero-order chi connectivity index (χ0) is 13.2. The molecule has 0 saturated heterocycles. The fourth-order valence-corrected chi connectivity index (χ4v) is 2.46. The number of aromatic nitrogens is 3. The van der Waals surface area contributed by atoms with E-state index < -0.39 is 12.0 Å². The summed E-state index contributed by atoms with van der Waals surface area (Å²) in [6.07, 6.45) is 2.91. The SMILES string of the molecule is CCC(O)c1cn(CC2CCCC(F)(F)C2)nn1. The molecule has 6 heteroatoms. The van der Waals surface area contributed by atoms with Gasteiger partial charge in [0.25, 0.3) is 0 Å². The highest BCUT2D eigenvalue weighted by molar-refractivity contribution is 4.96. The molecule has 1 aromatic rings. The van der Waals surface area contributed by atoms with Crippen LogP contribution >= 0.6 is 0 Å². The molecule has 0 amide bonds. The first-order valence-corrected chi connectivity index (χ1v) is 6.46. The van der Waals surface area contributed by atoms with Crippen molar-refractivity contribution in [3.8, 4) is 0 Å². The zero-order valence-corrected chi connectivity index (χ0v) is 10.5. The number of rotatable bonds is 4. The van der Waals surface area contributed by atoms with Crippen LogP contribution in [0.5, 0.6) is 0 Å². The molecular weight excluding hydrogens is 240 g/mol. The number of aliphatic hydroxyl groups is 1. The van der Waals surface area contributed by atoms with Gasteiger partial charge in [-0.1, -0.05) is 12.1 Å². The second kappa shape index (κ2) is 5.30. The van der Waals surface area contributed by atoms with Gasteiger partial charge in [0.05, 0.1) is 12.3 Å². The van der Waals surface area contributed by atoms with Gasteiger partial charge in [-0.3, -0.25) is 4.68 Å². The first-order valence-electron chi connectivity index (χ1n) is 6.46. The van der Waals surface area contributed by atoms with Crippen LogP contribution in [0.1, 0.15) is 50.8 Å². The summed E-state index contributed by atoms with van der Waals surface area (Å²) in [5, 5.41) is 17.3. The van der Waals surface area contributed by atoms with Gasteiger partial charge in [-0.15, -0.1) is 5.10 Å². The number of alkyl halides is 2. The Hall–Kier alpha value is -1.04. The van der Waals surface area contributed by atoms with Gasteiger partial charge in [0.15, 0.2) is 0 Å². The molecule has 0 spiro atoms. The van der Waals surface area contributed by atoms with Crippen molar-refractivity contribution in [3.63, 3.8) is 0 Å². The molecule has 0 radical (unpaired) electrons. The Labute approximate surface area is 105 Å². The number of hydrogen-bond donors (Lipinski definition) is 1. The molecule has 4 nitrogen and oxygen atoms in total. The van der Waals surface area contributed by atoms with Gasteiger partial charge in [0.1, 0.15) is 5.69 Å². The summed E-state index contributed by atoms with van der Waals surface area (Å²) in [4.78, 5) is 0. The Balaban J connectivity index is 1.95. The van der Waals surface area contributed by atoms with E-state index in [9.17, 15) is 13.9 Å². The third-order valence-electron chi connectivity index (χ3n) is 3.47. The molecule has 102 valence electrons. The van der Waals surface area contributed by atoms with Gasteiger partial charge < -0.3 is 5.11 Å². The third-order valence-corrected chi connectivity index (χ3v) is 3.47. The Morgan fingerprint density at radius 3 is 3.06 bits per heavy atom. The second-order valence-corrected chi connectivity index (χ2v) is 5.11. The first-order chi connectivity index (χ1) is 8.50. The van der Waals surface area contributed by atoms with E-state index in [-0.39, 0.29) is 18.8 Å². The molecule has 2 atom stereocenters. The highest BCUT2D eigenvalue weighted by atomic mass is 19.3. The summed E-state index contributed by atoms with van der Waals surface area (Å²) in [5.41, 5.74) is 0.514. The lowest BCUT2D eigenvalue weighted by Gasteiger charge is -2.28. The number of nitrogens with zero attached hydrogens (tertiary/aromatic N) is 3. The van der Waals surface area contributed by atoms with Gasteiger partial charge in [-0.25, -0.2) is 8.78 Å². The molecule has 1 fully saturated rings. The predicted octanol–water partition coefficient (Wildman–Crippen LogP) is 2.55. The van der Waals surface area contributed by atoms with Gasteiger partial charge in [-0.05, 0) is 25.2 Å². The normalized spacial score (nSPS) is 25.0. The molecule has 1 N–H and O–H groups in total. The minimum atomic E-state index is -2.53. The Bertz CT molecular complexity index is 394. The maximum Gasteiger partial charge on any atom is 0.248 e. The van der Waals surface area contributed by atoms with E-state index in [1.807, 2.05) is 6.92 Å². The molecule has 1 heterocycles. The second-order valence-electron chi connectivity index (χ2n) is 5.11. The van der Waals surface area contributed by atoms with Crippen molar-refractivity contribution in [2.75, 3.05) is 0 Å². The third kappa shape index (κ3) is 3.25. The van der Waals surface area contributed by atoms with Crippen molar-refractivity contribution < 1.29 is 13.9 Å². The molecule has 18 heavy (non-hydrogen) atoms. The summed E-state index contributed by atoms with van der Waals surface area (Å²) in [7, 11) is 0. The number of hydrogen-bond acceptors (Lipinski definition) is 3. The Morgan fingerprint density at radius 1 is 1.61 bits per heavy atom. The van der Waals surface area contributed by atoms with Gasteiger partial charge in [0, 0.05) is 19.4 Å². The summed E-state index contributed by atoms with van der Waals surface area (Å²) in [6, 6.07) is 0. The van der Waals surface area contributed by atoms with E-state index in [1.54, 1.807) is 10.9 Å². The highest BCUT2D eigenvalue weighted by Crippen LogP contribution is 2.37. The quantitative estimate of drug-likeness (QED) is 0.904. The summed E-state index contributed by atoms with van der Waals surface area (Å²) < 4.78 is 28.1. The molecule has 0 bridgehead atoms. The van der Waals surface area contributed by atoms with Crippen LogP contribution in [-0.2, 0) is 6.54 Å². The molecule has 2 rings (SSSR count). The van der Waals surface area contributed by atoms with E-state index >= 15 is 0 Å². The molecular formula is C12H19F2N3O. The topological polar surface area (TPSA) is 50.9 Å². The fraction of sp³-hybridized carbons (Fsp3) is 0.833. The lowest BCUT2D eigenvalue weighted by molar-refractivity contribution is -0.0552. The minimum Gasteiger partial charge on any atom is -0.387 e. The summed E-state index contributed by atoms with van der Waals surface area (Å²) in [6.45, 7) is 2.31. The van der Waals surface area contributed by atoms with E-state index in [2.05, 4.69) is 10.3 Å². The molecule has 0 aromatic carbocycles. The highest BCUT2D eigenvalue weighted by Gasteiger charge is 2.36. The van der Waals surface area contributed by atoms with E-state index in [0.29, 0.717) is 25.1 Å². The van der Waals surface area contributed by atoms with Crippen LogP contribution in [0.15, 0.2) is 6.20 Å². The van der Waals surface area contributed by atoms with Gasteiger partial charge in [-0.2, -0.15) is 0 Å². The number of aliphatic hydroxyl groups excluding tert-OH is 1. The van der Waals surface area contributed by atoms with Crippen molar-refractivity contribution in [2.45, 2.75) is 57.6 Å². The van der Waals surface area contributed by atoms with Crippen molar-refractivity contribution in [1.82, 2.24) is 15.0 Å². The fourth-order valence-electron chi connectivity index (χ4n) is 2.46. The summed E-state index contributed by atoms with van der Waals surface area (Å²) >= 11 is 0. The van der Waals surface area contributed by atoms with E-state index in [1.165, 1.54) is 0 Å². The largest absolute Gasteiger partial charge is 0.387 e. The minimum absolute atomic E-state index is 0.000651. The van der Waals surface area contributed by atoms with Crippen LogP contribution in [0.25, 0.3) is 0 Å². The molecule has 0 aliphatic heterocycles. The van der Waals surface area contributed by atoms with Crippen molar-refractivity contribution in [1.29, 1.82) is 0 Å². The van der Waals surface area contributed by atoms with Crippen LogP contribution in [0.3, 0.4) is 0 Å². The smallest absolute Gasteiger partial charge is 0.248 e. The van der Waals surface area contributed by atoms with Crippen LogP contribution in [-0.4, -0.2) is 26.0 Å². The van der Waals surface area contributed by atoms with Crippen molar-refractivity contribution in [3.05, 3.63) is 11.9 Å². The molecule has 1 aliphatic carbocycles. The van der Waals surface area contributed by atoms with Crippen LogP contribution in [0.2, 0.25) is 0 Å². The van der Waals surface area contributed by atoms with E-state index in [0.717, 1.165) is 6.42 Å². The van der Waals surface area contributed by atoms with E-state index in [4.69, 9.17) is 0 Å². The standard InChI is InChI=1S/C12H19F2N3O/c1-2-11(18)10-8-17(16-15-10)7-9-4-3-5-12(13,14)6-9/h8-9,11,18H,2-7H2,1H3. The monoisotopic (exact) mass is 259 g/mol. The molecule has 1 saturated carbocycles. The molecule has 1 aliphatic rings. The average molecular weight is 259 g/mol. The van der Waals surface area contributed by atoms with Crippen LogP contribution < -0.4 is 0 Å². The van der Waals surface area contributed by atoms with Gasteiger partial charge >= 0.3 is 0 Å². The van der Waals surface area contributed by atoms with Gasteiger partial charge in [0.2, 0.25) is 5.92 Å². The lowest BCUT2D eigenvalue weighted by atomic mass is 9.86. The number of halogens is 2. The van der Waals surface area contributed by atoms with Crippen molar-refractivity contribution in [2.24, 2.45) is 5.92 Å². The van der Waals surface area contributed by atoms with Crippen LogP contribution in [0, 0.1) is 5.92 Å². The Morgan fingerprint density at radius 2 is 2.39 bits per heavy atom. The average Bonchev–Trinajstić information content (AvgIpc) is 2.75. The molecule has 1 aromatic heterocycles. The maximum absolute atomic E-state index is 13.3. The van der Waals surface area contributed by atoms with Crippen LogP contribution in [0.4, 0.5) is 8.78 Å².